The number of ketones is 1. The minimum absolute atomic E-state index is 0.248. The van der Waals surface area contributed by atoms with Crippen LogP contribution in [0.1, 0.15) is 18.7 Å². The molecule has 3 heteroatoms. The van der Waals surface area contributed by atoms with Crippen LogP contribution in [0.2, 0.25) is 0 Å². The highest BCUT2D eigenvalue weighted by Gasteiger charge is 2.11. The molecule has 1 heterocycles. The molecule has 54 valence electrons. The van der Waals surface area contributed by atoms with Crippen molar-refractivity contribution in [3.63, 3.8) is 0 Å². The number of carbonyl (C=O) groups is 1. The summed E-state index contributed by atoms with van der Waals surface area (Å²) in [6.07, 6.45) is 0.677. The Morgan fingerprint density at radius 1 is 1.80 bits per heavy atom. The number of aliphatic hydroxyl groups is 1. The number of H-pyrrole nitrogens is 1. The average Bonchev–Trinajstić information content (AvgIpc) is 2.36. The number of hydrogen-bond acceptors (Lipinski definition) is 2. The van der Waals surface area contributed by atoms with Gasteiger partial charge in [0.15, 0.2) is 11.9 Å². The predicted molar refractivity (Wildman–Crippen MR) is 36.4 cm³/mol. The molecule has 0 aromatic carbocycles. The molecule has 0 saturated carbocycles. The summed E-state index contributed by atoms with van der Waals surface area (Å²) in [5.74, 6) is -0.248. The molecule has 1 rings (SSSR count). The summed E-state index contributed by atoms with van der Waals surface area (Å²) in [5.41, 5.74) is 0.549. The van der Waals surface area contributed by atoms with Crippen molar-refractivity contribution >= 4 is 5.78 Å². The maximum atomic E-state index is 10.6. The van der Waals surface area contributed by atoms with Gasteiger partial charge in [-0.15, -0.1) is 0 Å². The third-order valence-electron chi connectivity index (χ3n) is 1.30. The van der Waals surface area contributed by atoms with E-state index in [1.165, 1.54) is 6.92 Å². The van der Waals surface area contributed by atoms with E-state index >= 15 is 0 Å². The van der Waals surface area contributed by atoms with Crippen molar-refractivity contribution in [2.45, 2.75) is 13.0 Å². The lowest BCUT2D eigenvalue weighted by Gasteiger charge is -2.01. The van der Waals surface area contributed by atoms with Gasteiger partial charge in [-0.1, -0.05) is 0 Å². The van der Waals surface area contributed by atoms with E-state index in [1.807, 2.05) is 0 Å². The van der Waals surface area contributed by atoms with E-state index in [-0.39, 0.29) is 5.78 Å². The van der Waals surface area contributed by atoms with Crippen LogP contribution in [0.4, 0.5) is 0 Å². The van der Waals surface area contributed by atoms with Gasteiger partial charge < -0.3 is 10.1 Å². The SMILES string of the molecule is CC(=O)C(O)c1ccc[nH]1. The van der Waals surface area contributed by atoms with E-state index in [0.29, 0.717) is 5.69 Å². The first-order valence-electron chi connectivity index (χ1n) is 3.03. The van der Waals surface area contributed by atoms with E-state index in [1.54, 1.807) is 18.3 Å². The molecule has 3 nitrogen and oxygen atoms in total. The number of hydrogen-bond donors (Lipinski definition) is 2. The molecule has 0 aliphatic carbocycles. The number of nitrogens with one attached hydrogen (secondary N) is 1. The second-order valence-electron chi connectivity index (χ2n) is 2.14. The number of aromatic amines is 1. The van der Waals surface area contributed by atoms with Gasteiger partial charge in [-0.25, -0.2) is 0 Å². The Hall–Kier alpha value is -1.09. The molecule has 1 aromatic heterocycles. The Kier molecular flexibility index (Phi) is 1.87. The van der Waals surface area contributed by atoms with Crippen LogP contribution in [0, 0.1) is 0 Å². The molecule has 0 spiro atoms. The summed E-state index contributed by atoms with van der Waals surface area (Å²) < 4.78 is 0. The van der Waals surface area contributed by atoms with E-state index in [0.717, 1.165) is 0 Å². The number of carbonyl (C=O) groups excluding carboxylic acids is 1. The molecule has 1 unspecified atom stereocenters. The standard InChI is InChI=1S/C7H9NO2/c1-5(9)7(10)6-3-2-4-8-6/h2-4,7-8,10H,1H3. The third-order valence-corrected chi connectivity index (χ3v) is 1.30. The smallest absolute Gasteiger partial charge is 0.164 e. The first-order chi connectivity index (χ1) is 4.72. The van der Waals surface area contributed by atoms with Crippen LogP contribution in [-0.2, 0) is 4.79 Å². The molecule has 0 aliphatic rings. The van der Waals surface area contributed by atoms with E-state index in [2.05, 4.69) is 4.98 Å². The molecule has 0 amide bonds. The third kappa shape index (κ3) is 1.25. The summed E-state index contributed by atoms with van der Waals surface area (Å²) >= 11 is 0. The minimum atomic E-state index is -0.991. The summed E-state index contributed by atoms with van der Waals surface area (Å²) in [7, 11) is 0. The average molecular weight is 139 g/mol. The molecule has 0 radical (unpaired) electrons. The van der Waals surface area contributed by atoms with Gasteiger partial charge in [0.05, 0.1) is 5.69 Å². The Bertz CT molecular complexity index is 216. The summed E-state index contributed by atoms with van der Waals surface area (Å²) in [5, 5.41) is 9.11. The first-order valence-corrected chi connectivity index (χ1v) is 3.03. The number of aliphatic hydroxyl groups excluding tert-OH is 1. The van der Waals surface area contributed by atoms with Gasteiger partial charge in [0.2, 0.25) is 0 Å². The number of aromatic nitrogens is 1. The van der Waals surface area contributed by atoms with Crippen molar-refractivity contribution in [3.05, 3.63) is 24.0 Å². The highest BCUT2D eigenvalue weighted by molar-refractivity contribution is 5.81. The largest absolute Gasteiger partial charge is 0.379 e. The quantitative estimate of drug-likeness (QED) is 0.631. The van der Waals surface area contributed by atoms with Gasteiger partial charge in [-0.05, 0) is 19.1 Å². The maximum absolute atomic E-state index is 10.6. The van der Waals surface area contributed by atoms with Gasteiger partial charge in [-0.3, -0.25) is 4.79 Å². The predicted octanol–water partition coefficient (Wildman–Crippen LogP) is 0.637. The summed E-state index contributed by atoms with van der Waals surface area (Å²) in [4.78, 5) is 13.3. The minimum Gasteiger partial charge on any atom is -0.379 e. The Morgan fingerprint density at radius 3 is 2.90 bits per heavy atom. The highest BCUT2D eigenvalue weighted by Crippen LogP contribution is 2.09. The molecular formula is C7H9NO2. The second-order valence-corrected chi connectivity index (χ2v) is 2.14. The van der Waals surface area contributed by atoms with Crippen molar-refractivity contribution < 1.29 is 9.90 Å². The van der Waals surface area contributed by atoms with Crippen LogP contribution in [0.5, 0.6) is 0 Å². The zero-order chi connectivity index (χ0) is 7.56. The van der Waals surface area contributed by atoms with Crippen LogP contribution in [-0.4, -0.2) is 15.9 Å². The van der Waals surface area contributed by atoms with Crippen molar-refractivity contribution in [2.24, 2.45) is 0 Å². The summed E-state index contributed by atoms with van der Waals surface area (Å²) in [6, 6.07) is 3.41. The second kappa shape index (κ2) is 2.66. The lowest BCUT2D eigenvalue weighted by molar-refractivity contribution is -0.125. The van der Waals surface area contributed by atoms with Crippen LogP contribution in [0.3, 0.4) is 0 Å². The van der Waals surface area contributed by atoms with Gasteiger partial charge in [-0.2, -0.15) is 0 Å². The van der Waals surface area contributed by atoms with E-state index in [9.17, 15) is 4.79 Å². The molecule has 0 aliphatic heterocycles. The fourth-order valence-electron chi connectivity index (χ4n) is 0.733. The highest BCUT2D eigenvalue weighted by atomic mass is 16.3. The first kappa shape index (κ1) is 7.02. The Balaban J connectivity index is 2.77. The molecule has 1 atom stereocenters. The van der Waals surface area contributed by atoms with Crippen molar-refractivity contribution in [2.75, 3.05) is 0 Å². The van der Waals surface area contributed by atoms with Gasteiger partial charge in [0.25, 0.3) is 0 Å². The lowest BCUT2D eigenvalue weighted by Crippen LogP contribution is -2.07. The summed E-state index contributed by atoms with van der Waals surface area (Å²) in [6.45, 7) is 1.35. The zero-order valence-corrected chi connectivity index (χ0v) is 5.66. The zero-order valence-electron chi connectivity index (χ0n) is 5.66. The molecule has 0 fully saturated rings. The van der Waals surface area contributed by atoms with Crippen LogP contribution >= 0.6 is 0 Å². The Morgan fingerprint density at radius 2 is 2.50 bits per heavy atom. The monoisotopic (exact) mass is 139 g/mol. The molecule has 10 heavy (non-hydrogen) atoms. The number of Topliss-reactive ketones (excluding diaryl/α,β-unsaturated/α-hetero) is 1. The van der Waals surface area contributed by atoms with E-state index in [4.69, 9.17) is 5.11 Å². The van der Waals surface area contributed by atoms with Crippen LogP contribution in [0.15, 0.2) is 18.3 Å². The van der Waals surface area contributed by atoms with Crippen LogP contribution < -0.4 is 0 Å². The van der Waals surface area contributed by atoms with E-state index < -0.39 is 6.10 Å². The topological polar surface area (TPSA) is 53.1 Å². The van der Waals surface area contributed by atoms with Gasteiger partial charge in [0.1, 0.15) is 0 Å². The van der Waals surface area contributed by atoms with Crippen molar-refractivity contribution in [1.82, 2.24) is 4.98 Å². The number of rotatable bonds is 2. The van der Waals surface area contributed by atoms with Gasteiger partial charge >= 0.3 is 0 Å². The maximum Gasteiger partial charge on any atom is 0.164 e. The van der Waals surface area contributed by atoms with Gasteiger partial charge in [0, 0.05) is 6.20 Å². The molecular weight excluding hydrogens is 130 g/mol. The molecule has 2 N–H and O–H groups in total. The normalized spacial score (nSPS) is 13.0. The van der Waals surface area contributed by atoms with Crippen molar-refractivity contribution in [1.29, 1.82) is 0 Å². The fourth-order valence-corrected chi connectivity index (χ4v) is 0.733. The van der Waals surface area contributed by atoms with Crippen LogP contribution in [0.25, 0.3) is 0 Å². The fraction of sp³-hybridized carbons (Fsp3) is 0.286. The molecule has 0 bridgehead atoms. The molecule has 0 saturated heterocycles. The Labute approximate surface area is 58.7 Å². The molecule has 1 aromatic rings. The van der Waals surface area contributed by atoms with Crippen molar-refractivity contribution in [3.8, 4) is 0 Å². The lowest BCUT2D eigenvalue weighted by atomic mass is 10.2.